The number of aromatic nitrogens is 2. The molecule has 0 amide bonds. The van der Waals surface area contributed by atoms with Crippen LogP contribution in [0, 0.1) is 81.1 Å². The summed E-state index contributed by atoms with van der Waals surface area (Å²) in [6.07, 6.45) is 1.43. The molecule has 210 valence electrons. The lowest BCUT2D eigenvalue weighted by atomic mass is 9.97. The molecule has 0 aliphatic rings. The maximum atomic E-state index is 10.3. The van der Waals surface area contributed by atoms with E-state index >= 15 is 0 Å². The number of furan rings is 1. The van der Waals surface area contributed by atoms with Gasteiger partial charge in [0.2, 0.25) is 11.4 Å². The van der Waals surface area contributed by atoms with Gasteiger partial charge in [-0.2, -0.15) is 31.6 Å². The van der Waals surface area contributed by atoms with Crippen LogP contribution in [0.1, 0.15) is 38.9 Å². The number of benzene rings is 3. The predicted octanol–water partition coefficient (Wildman–Crippen LogP) is 5.56. The predicted molar refractivity (Wildman–Crippen MR) is 167 cm³/mol. The van der Waals surface area contributed by atoms with E-state index in [4.69, 9.17) is 23.0 Å². The molecule has 0 bridgehead atoms. The van der Waals surface area contributed by atoms with E-state index in [1.54, 1.807) is 42.5 Å². The van der Waals surface area contributed by atoms with Gasteiger partial charge in [0.05, 0.1) is 96.0 Å². The molecule has 3 heterocycles. The molecule has 0 unspecified atom stereocenters. The summed E-state index contributed by atoms with van der Waals surface area (Å²) in [5.41, 5.74) is -3.71. The Hall–Kier alpha value is -8.32. The molecular formula is C36H10N10O. The summed E-state index contributed by atoms with van der Waals surface area (Å²) in [6, 6.07) is 15.9. The van der Waals surface area contributed by atoms with E-state index in [9.17, 15) is 31.6 Å². The van der Waals surface area contributed by atoms with Gasteiger partial charge in [-0.25, -0.2) is 19.7 Å². The molecular weight excluding hydrogens is 588 g/mol. The molecule has 47 heavy (non-hydrogen) atoms. The quantitative estimate of drug-likeness (QED) is 0.180. The Morgan fingerprint density at radius 3 is 1.57 bits per heavy atom. The first-order chi connectivity index (χ1) is 24.6. The minimum absolute atomic E-state index is 0.0771. The van der Waals surface area contributed by atoms with E-state index < -0.39 is 63.4 Å². The first kappa shape index (κ1) is 24.2. The summed E-state index contributed by atoms with van der Waals surface area (Å²) in [5.74, 6) is 0. The zero-order valence-corrected chi connectivity index (χ0v) is 23.3. The molecule has 0 aliphatic carbocycles. The SMILES string of the molecule is [2H]c1c(C#N)c(C#N)c([N+]#[C-])c([2H])c1/C(C#N)=c1\ccc2c3ccoc3c3cc/c(=C(/C#N)c4c([2H])c(C#N)c(C#N)c([N+]#[C-])c4[2H])nc3c2n1. The van der Waals surface area contributed by atoms with Crippen molar-refractivity contribution in [2.45, 2.75) is 0 Å². The lowest BCUT2D eigenvalue weighted by Gasteiger charge is -2.08. The van der Waals surface area contributed by atoms with Gasteiger partial charge in [0.25, 0.3) is 0 Å². The van der Waals surface area contributed by atoms with Crippen LogP contribution in [0.4, 0.5) is 11.4 Å². The van der Waals surface area contributed by atoms with Crippen molar-refractivity contribution < 1.29 is 9.90 Å². The molecule has 0 atom stereocenters. The van der Waals surface area contributed by atoms with E-state index in [2.05, 4.69) is 19.7 Å². The van der Waals surface area contributed by atoms with Crippen molar-refractivity contribution in [1.29, 1.82) is 31.6 Å². The topological polar surface area (TPSA) is 190 Å². The first-order valence-corrected chi connectivity index (χ1v) is 13.0. The molecule has 11 nitrogen and oxygen atoms in total. The normalized spacial score (nSPS) is 12.7. The number of pyridine rings is 2. The zero-order valence-electron chi connectivity index (χ0n) is 27.3. The third-order valence-electron chi connectivity index (χ3n) is 7.08. The molecule has 11 heteroatoms. The average molecular weight is 603 g/mol. The summed E-state index contributed by atoms with van der Waals surface area (Å²) < 4.78 is 40.2. The number of fused-ring (bicyclic) bond motifs is 6. The Morgan fingerprint density at radius 2 is 1.13 bits per heavy atom. The smallest absolute Gasteiger partial charge is 0.206 e. The summed E-state index contributed by atoms with van der Waals surface area (Å²) in [5, 5.41) is 60.5. The third kappa shape index (κ3) is 4.46. The lowest BCUT2D eigenvalue weighted by Crippen LogP contribution is -2.14. The summed E-state index contributed by atoms with van der Waals surface area (Å²) in [6.45, 7) is 15.0. The number of nitrogens with zero attached hydrogens (tertiary/aromatic N) is 10. The Labute approximate surface area is 270 Å². The zero-order chi connectivity index (χ0) is 36.7. The van der Waals surface area contributed by atoms with Gasteiger partial charge < -0.3 is 4.42 Å². The van der Waals surface area contributed by atoms with Gasteiger partial charge in [-0.15, -0.1) is 0 Å². The number of nitriles is 6. The highest BCUT2D eigenvalue weighted by atomic mass is 16.3. The summed E-state index contributed by atoms with van der Waals surface area (Å²) in [7, 11) is 0. The fraction of sp³-hybridized carbons (Fsp3) is 0. The minimum Gasteiger partial charge on any atom is -0.464 e. The van der Waals surface area contributed by atoms with Crippen molar-refractivity contribution in [1.82, 2.24) is 9.97 Å². The Balaban J connectivity index is 1.81. The van der Waals surface area contributed by atoms with Crippen LogP contribution in [0.3, 0.4) is 0 Å². The second-order valence-electron chi connectivity index (χ2n) is 9.44. The lowest BCUT2D eigenvalue weighted by molar-refractivity contribution is 0.619. The fourth-order valence-corrected chi connectivity index (χ4v) is 5.01. The van der Waals surface area contributed by atoms with Crippen LogP contribution in [-0.4, -0.2) is 9.97 Å². The Kier molecular flexibility index (Phi) is 5.86. The second-order valence-corrected chi connectivity index (χ2v) is 9.44. The van der Waals surface area contributed by atoms with Crippen molar-refractivity contribution in [3.8, 4) is 36.4 Å². The largest absolute Gasteiger partial charge is 0.464 e. The number of rotatable bonds is 2. The molecule has 3 aromatic carbocycles. The van der Waals surface area contributed by atoms with Gasteiger partial charge in [-0.1, -0.05) is 0 Å². The van der Waals surface area contributed by atoms with Crippen molar-refractivity contribution in [3.05, 3.63) is 128 Å². The maximum Gasteiger partial charge on any atom is 0.206 e. The minimum atomic E-state index is -0.612. The van der Waals surface area contributed by atoms with E-state index in [1.807, 2.05) is 12.1 Å². The molecule has 6 aromatic rings. The fourth-order valence-electron chi connectivity index (χ4n) is 5.01. The van der Waals surface area contributed by atoms with Gasteiger partial charge in [0.1, 0.15) is 23.2 Å². The third-order valence-corrected chi connectivity index (χ3v) is 7.08. The highest BCUT2D eigenvalue weighted by Crippen LogP contribution is 2.33. The van der Waals surface area contributed by atoms with Crippen LogP contribution in [0.25, 0.3) is 53.6 Å². The monoisotopic (exact) mass is 602 g/mol. The van der Waals surface area contributed by atoms with Gasteiger partial charge in [-0.3, -0.25) is 0 Å². The van der Waals surface area contributed by atoms with Gasteiger partial charge in [-0.05, 0) is 65.6 Å². The second kappa shape index (κ2) is 11.4. The van der Waals surface area contributed by atoms with E-state index in [-0.39, 0.29) is 38.4 Å². The van der Waals surface area contributed by atoms with Crippen LogP contribution >= 0.6 is 0 Å². The molecule has 0 saturated heterocycles. The number of hydrogen-bond donors (Lipinski definition) is 0. The van der Waals surface area contributed by atoms with Crippen LogP contribution in [0.15, 0.2) is 65.2 Å². The van der Waals surface area contributed by atoms with Crippen molar-refractivity contribution in [2.24, 2.45) is 0 Å². The molecule has 0 spiro atoms. The molecule has 3 aromatic heterocycles. The Morgan fingerprint density at radius 1 is 0.638 bits per heavy atom. The van der Waals surface area contributed by atoms with Crippen molar-refractivity contribution >= 4 is 55.3 Å². The maximum absolute atomic E-state index is 10.3. The first-order valence-electron chi connectivity index (χ1n) is 15.0. The molecule has 0 saturated carbocycles. The summed E-state index contributed by atoms with van der Waals surface area (Å²) in [4.78, 5) is 15.8. The van der Waals surface area contributed by atoms with Crippen LogP contribution < -0.4 is 10.7 Å². The highest BCUT2D eigenvalue weighted by molar-refractivity contribution is 6.21. The van der Waals surface area contributed by atoms with Crippen molar-refractivity contribution in [3.63, 3.8) is 0 Å². The molecule has 0 fully saturated rings. The van der Waals surface area contributed by atoms with E-state index in [1.165, 1.54) is 18.4 Å². The summed E-state index contributed by atoms with van der Waals surface area (Å²) >= 11 is 0. The van der Waals surface area contributed by atoms with E-state index in [0.717, 1.165) is 0 Å². The van der Waals surface area contributed by atoms with Crippen LogP contribution in [0.2, 0.25) is 0 Å². The van der Waals surface area contributed by atoms with Crippen LogP contribution in [0.5, 0.6) is 0 Å². The van der Waals surface area contributed by atoms with Gasteiger partial charge in [0, 0.05) is 18.9 Å². The number of hydrogen-bond acceptors (Lipinski definition) is 9. The molecule has 0 aliphatic heterocycles. The van der Waals surface area contributed by atoms with Crippen molar-refractivity contribution in [2.75, 3.05) is 0 Å². The molecule has 6 rings (SSSR count). The van der Waals surface area contributed by atoms with Gasteiger partial charge >= 0.3 is 0 Å². The standard InChI is InChI=1S/C36H10N10O/c1-43-32-11-19(9-21(13-37)28(32)17-41)26(15-39)30-5-3-23-24-7-8-47-36(24)25-4-6-31(46-35(25)34(23)45-30)27(16-40)20-10-22(14-38)29(18-42)33(12-20)44-2/h3-12H/b30-26+,31-27+/i9D,10D,11D,12D. The van der Waals surface area contributed by atoms with E-state index in [0.29, 0.717) is 21.7 Å². The molecule has 0 radical (unpaired) electrons. The van der Waals surface area contributed by atoms with Crippen LogP contribution in [-0.2, 0) is 0 Å². The highest BCUT2D eigenvalue weighted by Gasteiger charge is 2.18. The van der Waals surface area contributed by atoms with Gasteiger partial charge in [0.15, 0.2) is 0 Å². The Bertz CT molecular complexity index is 2840. The molecule has 0 N–H and O–H groups in total. The average Bonchev–Trinajstić information content (AvgIpc) is 3.65.